The highest BCUT2D eigenvalue weighted by Gasteiger charge is 2.04. The van der Waals surface area contributed by atoms with Gasteiger partial charge in [-0.3, -0.25) is 0 Å². The predicted molar refractivity (Wildman–Crippen MR) is 72.0 cm³/mol. The van der Waals surface area contributed by atoms with E-state index >= 15 is 0 Å². The molecule has 2 heterocycles. The lowest BCUT2D eigenvalue weighted by molar-refractivity contribution is 0.294. The zero-order valence-corrected chi connectivity index (χ0v) is 11.3. The molecule has 0 fully saturated rings. The van der Waals surface area contributed by atoms with Crippen LogP contribution in [0.25, 0.3) is 0 Å². The normalized spacial score (nSPS) is 10.2. The van der Waals surface area contributed by atoms with Crippen molar-refractivity contribution in [2.75, 3.05) is 18.6 Å². The maximum absolute atomic E-state index is 5.64. The fourth-order valence-corrected chi connectivity index (χ4v) is 2.22. The highest BCUT2D eigenvalue weighted by Crippen LogP contribution is 2.20. The van der Waals surface area contributed by atoms with Crippen molar-refractivity contribution in [1.29, 1.82) is 0 Å². The fraction of sp³-hybridized carbons (Fsp3) is 0.273. The van der Waals surface area contributed by atoms with E-state index in [9.17, 15) is 0 Å². The van der Waals surface area contributed by atoms with Gasteiger partial charge in [-0.2, -0.15) is 4.98 Å². The van der Waals surface area contributed by atoms with E-state index in [-0.39, 0.29) is 0 Å². The molecule has 0 amide bonds. The van der Waals surface area contributed by atoms with Crippen LogP contribution in [0.2, 0.25) is 0 Å². The molecule has 0 saturated heterocycles. The van der Waals surface area contributed by atoms with Gasteiger partial charge in [0.15, 0.2) is 5.16 Å². The zero-order valence-electron chi connectivity index (χ0n) is 9.64. The number of ether oxygens (including phenoxy) is 1. The summed E-state index contributed by atoms with van der Waals surface area (Å²) in [5.41, 5.74) is 0. The van der Waals surface area contributed by atoms with Crippen LogP contribution in [0.3, 0.4) is 0 Å². The number of thioether (sulfide) groups is 1. The maximum atomic E-state index is 5.64. The van der Waals surface area contributed by atoms with Crippen molar-refractivity contribution in [1.82, 2.24) is 9.97 Å². The maximum Gasteiger partial charge on any atom is 0.219 e. The van der Waals surface area contributed by atoms with Gasteiger partial charge in [-0.15, -0.1) is 11.3 Å². The van der Waals surface area contributed by atoms with E-state index in [4.69, 9.17) is 4.74 Å². The molecule has 6 heteroatoms. The molecule has 4 nitrogen and oxygen atoms in total. The van der Waals surface area contributed by atoms with Crippen molar-refractivity contribution < 1.29 is 4.74 Å². The van der Waals surface area contributed by atoms with Gasteiger partial charge in [0.2, 0.25) is 5.88 Å². The first-order valence-corrected chi connectivity index (χ1v) is 7.18. The molecular formula is C11H13N3OS2. The van der Waals surface area contributed by atoms with E-state index in [0.717, 1.165) is 5.82 Å². The first-order chi connectivity index (χ1) is 8.31. The molecule has 0 aliphatic rings. The lowest BCUT2D eigenvalue weighted by Gasteiger charge is -2.07. The number of hydrogen-bond donors (Lipinski definition) is 1. The van der Waals surface area contributed by atoms with Crippen LogP contribution in [0.1, 0.15) is 4.88 Å². The van der Waals surface area contributed by atoms with Crippen LogP contribution in [0.5, 0.6) is 5.88 Å². The molecule has 2 rings (SSSR count). The Hall–Kier alpha value is -1.27. The van der Waals surface area contributed by atoms with E-state index in [1.54, 1.807) is 17.4 Å². The van der Waals surface area contributed by atoms with Gasteiger partial charge in [-0.1, -0.05) is 17.8 Å². The highest BCUT2D eigenvalue weighted by molar-refractivity contribution is 7.98. The minimum Gasteiger partial charge on any atom is -0.472 e. The van der Waals surface area contributed by atoms with Crippen LogP contribution in [0.15, 0.2) is 28.7 Å². The molecule has 0 bridgehead atoms. The molecule has 1 N–H and O–H groups in total. The molecule has 0 radical (unpaired) electrons. The summed E-state index contributed by atoms with van der Waals surface area (Å²) >= 11 is 3.17. The van der Waals surface area contributed by atoms with Gasteiger partial charge in [0.05, 0.1) is 0 Å². The summed E-state index contributed by atoms with van der Waals surface area (Å²) in [7, 11) is 1.83. The minimum atomic E-state index is 0.547. The summed E-state index contributed by atoms with van der Waals surface area (Å²) in [6.07, 6.45) is 1.94. The first-order valence-electron chi connectivity index (χ1n) is 5.08. The number of hydrogen-bond acceptors (Lipinski definition) is 6. The molecule has 0 atom stereocenters. The number of anilines is 1. The Labute approximate surface area is 108 Å². The molecule has 0 saturated carbocycles. The summed E-state index contributed by atoms with van der Waals surface area (Å²) in [6.45, 7) is 0.547. The van der Waals surface area contributed by atoms with E-state index in [2.05, 4.69) is 15.3 Å². The zero-order chi connectivity index (χ0) is 12.1. The van der Waals surface area contributed by atoms with Crippen LogP contribution < -0.4 is 10.1 Å². The lowest BCUT2D eigenvalue weighted by atomic mass is 10.5. The van der Waals surface area contributed by atoms with Crippen molar-refractivity contribution in [3.05, 3.63) is 28.5 Å². The lowest BCUT2D eigenvalue weighted by Crippen LogP contribution is -2.00. The van der Waals surface area contributed by atoms with Crippen LogP contribution in [0.4, 0.5) is 5.82 Å². The van der Waals surface area contributed by atoms with Crippen LogP contribution in [-0.4, -0.2) is 23.3 Å². The van der Waals surface area contributed by atoms with Crippen molar-refractivity contribution in [3.8, 4) is 5.88 Å². The summed E-state index contributed by atoms with van der Waals surface area (Å²) in [4.78, 5) is 9.75. The quantitative estimate of drug-likeness (QED) is 0.666. The minimum absolute atomic E-state index is 0.547. The standard InChI is InChI=1S/C11H13N3OS2/c1-12-9-6-10(14-11(13-9)16-2)15-7-8-4-3-5-17-8/h3-6H,7H2,1-2H3,(H,12,13,14). The monoisotopic (exact) mass is 267 g/mol. The third-order valence-electron chi connectivity index (χ3n) is 2.06. The molecule has 2 aromatic rings. The van der Waals surface area contributed by atoms with Gasteiger partial charge < -0.3 is 10.1 Å². The van der Waals surface area contributed by atoms with Crippen molar-refractivity contribution in [3.63, 3.8) is 0 Å². The molecule has 0 aliphatic heterocycles. The molecule has 0 aromatic carbocycles. The number of aromatic nitrogens is 2. The molecule has 0 unspecified atom stereocenters. The Morgan fingerprint density at radius 1 is 1.47 bits per heavy atom. The molecule has 2 aromatic heterocycles. The first kappa shape index (κ1) is 12.2. The van der Waals surface area contributed by atoms with Crippen LogP contribution in [0, 0.1) is 0 Å². The van der Waals surface area contributed by atoms with E-state index in [1.165, 1.54) is 16.6 Å². The topological polar surface area (TPSA) is 47.0 Å². The van der Waals surface area contributed by atoms with Crippen molar-refractivity contribution in [2.45, 2.75) is 11.8 Å². The average Bonchev–Trinajstić information content (AvgIpc) is 2.89. The Bertz CT molecular complexity index is 451. The second kappa shape index (κ2) is 5.88. The number of nitrogens with one attached hydrogen (secondary N) is 1. The summed E-state index contributed by atoms with van der Waals surface area (Å²) < 4.78 is 5.64. The Morgan fingerprint density at radius 2 is 2.35 bits per heavy atom. The smallest absolute Gasteiger partial charge is 0.219 e. The molecule has 90 valence electrons. The Kier molecular flexibility index (Phi) is 4.22. The Morgan fingerprint density at radius 3 is 3.00 bits per heavy atom. The fourth-order valence-electron chi connectivity index (χ4n) is 1.24. The van der Waals surface area contributed by atoms with Crippen LogP contribution >= 0.6 is 23.1 Å². The molecule has 0 spiro atoms. The van der Waals surface area contributed by atoms with Gasteiger partial charge in [0, 0.05) is 18.0 Å². The largest absolute Gasteiger partial charge is 0.472 e. The second-order valence-electron chi connectivity index (χ2n) is 3.20. The summed E-state index contributed by atoms with van der Waals surface area (Å²) in [5.74, 6) is 1.37. The average molecular weight is 267 g/mol. The molecular weight excluding hydrogens is 254 g/mol. The predicted octanol–water partition coefficient (Wildman–Crippen LogP) is 2.88. The van der Waals surface area contributed by atoms with Crippen LogP contribution in [-0.2, 0) is 6.61 Å². The summed E-state index contributed by atoms with van der Waals surface area (Å²) in [6, 6.07) is 5.85. The number of rotatable bonds is 5. The van der Waals surface area contributed by atoms with Gasteiger partial charge in [0.1, 0.15) is 12.4 Å². The highest BCUT2D eigenvalue weighted by atomic mass is 32.2. The Balaban J connectivity index is 2.09. The van der Waals surface area contributed by atoms with E-state index in [0.29, 0.717) is 17.6 Å². The molecule has 17 heavy (non-hydrogen) atoms. The van der Waals surface area contributed by atoms with Gasteiger partial charge in [-0.05, 0) is 17.7 Å². The van der Waals surface area contributed by atoms with Gasteiger partial charge in [-0.25, -0.2) is 4.98 Å². The number of thiophene rings is 1. The second-order valence-corrected chi connectivity index (χ2v) is 5.00. The van der Waals surface area contributed by atoms with E-state index < -0.39 is 0 Å². The van der Waals surface area contributed by atoms with Crippen molar-refractivity contribution >= 4 is 28.9 Å². The van der Waals surface area contributed by atoms with Gasteiger partial charge >= 0.3 is 0 Å². The van der Waals surface area contributed by atoms with E-state index in [1.807, 2.05) is 30.8 Å². The third-order valence-corrected chi connectivity index (χ3v) is 3.46. The van der Waals surface area contributed by atoms with Gasteiger partial charge in [0.25, 0.3) is 0 Å². The SMILES string of the molecule is CNc1cc(OCc2cccs2)nc(SC)n1. The summed E-state index contributed by atoms with van der Waals surface area (Å²) in [5, 5.41) is 5.73. The third kappa shape index (κ3) is 3.34. The van der Waals surface area contributed by atoms with Crippen molar-refractivity contribution in [2.24, 2.45) is 0 Å². The molecule has 0 aliphatic carbocycles. The number of nitrogens with zero attached hydrogens (tertiary/aromatic N) is 2.